The fourth-order valence-electron chi connectivity index (χ4n) is 6.18. The molecule has 0 fully saturated rings. The summed E-state index contributed by atoms with van der Waals surface area (Å²) in [7, 11) is -4.66. The van der Waals surface area contributed by atoms with Crippen LogP contribution in [0.1, 0.15) is 206 Å². The lowest BCUT2D eigenvalue weighted by atomic mass is 10.0. The molecule has 0 aliphatic rings. The highest BCUT2D eigenvalue weighted by Crippen LogP contribution is 2.43. The van der Waals surface area contributed by atoms with Crippen LogP contribution in [-0.4, -0.2) is 59.9 Å². The van der Waals surface area contributed by atoms with E-state index in [1.54, 1.807) is 0 Å². The maximum Gasteiger partial charge on any atom is 0.472 e. The van der Waals surface area contributed by atoms with Crippen LogP contribution in [0.4, 0.5) is 0 Å². The van der Waals surface area contributed by atoms with Crippen molar-refractivity contribution in [2.24, 2.45) is 5.73 Å². The second kappa shape index (κ2) is 36.5. The quantitative estimate of drug-likeness (QED) is 0.0308. The Kier molecular flexibility index (Phi) is 35.4. The van der Waals surface area contributed by atoms with Gasteiger partial charge < -0.3 is 25.2 Å². The highest BCUT2D eigenvalue weighted by molar-refractivity contribution is 7.47. The summed E-state index contributed by atoms with van der Waals surface area (Å²) in [6.07, 6.45) is 37.8. The zero-order chi connectivity index (χ0) is 38.5. The van der Waals surface area contributed by atoms with Crippen LogP contribution in [0.2, 0.25) is 0 Å². The van der Waals surface area contributed by atoms with Crippen molar-refractivity contribution in [1.29, 1.82) is 0 Å². The molecule has 0 aromatic carbocycles. The van der Waals surface area contributed by atoms with Crippen LogP contribution in [-0.2, 0) is 37.5 Å². The van der Waals surface area contributed by atoms with Gasteiger partial charge in [0.05, 0.1) is 13.2 Å². The Morgan fingerprint density at radius 2 is 0.885 bits per heavy atom. The van der Waals surface area contributed by atoms with Crippen molar-refractivity contribution in [1.82, 2.24) is 0 Å². The number of carbonyl (C=O) groups is 3. The van der Waals surface area contributed by atoms with Gasteiger partial charge in [-0.25, -0.2) is 4.57 Å². The smallest absolute Gasteiger partial charge is 0.472 e. The zero-order valence-corrected chi connectivity index (χ0v) is 34.1. The zero-order valence-electron chi connectivity index (χ0n) is 33.2. The normalized spacial score (nSPS) is 13.8. The van der Waals surface area contributed by atoms with Crippen LogP contribution in [0.25, 0.3) is 0 Å². The number of carboxylic acids is 1. The van der Waals surface area contributed by atoms with Crippen molar-refractivity contribution in [2.45, 2.75) is 219 Å². The fraction of sp³-hybridized carbons (Fsp3) is 0.925. The van der Waals surface area contributed by atoms with Crippen molar-refractivity contribution in [3.8, 4) is 0 Å². The number of nitrogens with two attached hydrogens (primary N) is 1. The minimum atomic E-state index is -4.66. The summed E-state index contributed by atoms with van der Waals surface area (Å²) in [6, 6.07) is -1.51. The van der Waals surface area contributed by atoms with E-state index in [0.29, 0.717) is 6.42 Å². The Bertz CT molecular complexity index is 906. The van der Waals surface area contributed by atoms with E-state index in [-0.39, 0.29) is 13.0 Å². The first-order valence-electron chi connectivity index (χ1n) is 21.0. The number of hydrogen-bond donors (Lipinski definition) is 3. The minimum Gasteiger partial charge on any atom is -0.480 e. The van der Waals surface area contributed by atoms with Gasteiger partial charge in [0.15, 0.2) is 6.10 Å². The van der Waals surface area contributed by atoms with Gasteiger partial charge in [-0.15, -0.1) is 0 Å². The summed E-state index contributed by atoms with van der Waals surface area (Å²) in [5, 5.41) is 8.73. The summed E-state index contributed by atoms with van der Waals surface area (Å²) in [6.45, 7) is 1.72. The Morgan fingerprint density at radius 1 is 0.558 bits per heavy atom. The number of phosphoric acid groups is 1. The maximum absolute atomic E-state index is 12.1. The minimum absolute atomic E-state index is 0.224. The largest absolute Gasteiger partial charge is 0.480 e. The number of carbonyl (C=O) groups excluding carboxylic acids is 2. The van der Waals surface area contributed by atoms with Gasteiger partial charge in [0, 0.05) is 13.3 Å². The van der Waals surface area contributed by atoms with Crippen LogP contribution in [0.5, 0.6) is 0 Å². The second-order valence-electron chi connectivity index (χ2n) is 14.6. The highest BCUT2D eigenvalue weighted by Gasteiger charge is 2.27. The van der Waals surface area contributed by atoms with Gasteiger partial charge in [0.2, 0.25) is 0 Å². The molecular formula is C40H78NO10P. The molecule has 0 aromatic heterocycles. The molecule has 0 aliphatic carbocycles. The Morgan fingerprint density at radius 3 is 1.21 bits per heavy atom. The Hall–Kier alpha value is -1.52. The number of ether oxygens (including phenoxy) is 2. The van der Waals surface area contributed by atoms with Crippen molar-refractivity contribution in [3.05, 3.63) is 0 Å². The second-order valence-corrected chi connectivity index (χ2v) is 16.0. The monoisotopic (exact) mass is 764 g/mol. The Balaban J connectivity index is 3.53. The number of hydrogen-bond acceptors (Lipinski definition) is 9. The molecule has 52 heavy (non-hydrogen) atoms. The van der Waals surface area contributed by atoms with Gasteiger partial charge >= 0.3 is 25.7 Å². The predicted octanol–water partition coefficient (Wildman–Crippen LogP) is 10.7. The Labute approximate surface area is 316 Å². The van der Waals surface area contributed by atoms with E-state index in [1.807, 2.05) is 0 Å². The first-order valence-corrected chi connectivity index (χ1v) is 22.5. The molecule has 0 aromatic rings. The molecule has 11 nitrogen and oxygen atoms in total. The third-order valence-corrected chi connectivity index (χ3v) is 10.4. The molecule has 0 spiro atoms. The SMILES string of the molecule is CCCCCCCCCCCCCCCCCCCCCCCCCCCCCCCC(=O)OC[C@H](COP(=O)(O)OC[C@H](N)C(=O)O)OC(C)=O. The number of aliphatic carboxylic acids is 1. The average Bonchev–Trinajstić information content (AvgIpc) is 3.10. The van der Waals surface area contributed by atoms with E-state index >= 15 is 0 Å². The summed E-state index contributed by atoms with van der Waals surface area (Å²) in [5.41, 5.74) is 5.23. The van der Waals surface area contributed by atoms with Crippen LogP contribution >= 0.6 is 7.82 Å². The lowest BCUT2D eigenvalue weighted by molar-refractivity contribution is -0.159. The van der Waals surface area contributed by atoms with E-state index in [1.165, 1.54) is 161 Å². The predicted molar refractivity (Wildman–Crippen MR) is 208 cm³/mol. The molecule has 0 aliphatic heterocycles. The number of carboxylic acid groups (broad SMARTS) is 1. The molecule has 0 heterocycles. The highest BCUT2D eigenvalue weighted by atomic mass is 31.2. The van der Waals surface area contributed by atoms with E-state index in [0.717, 1.165) is 26.2 Å². The van der Waals surface area contributed by atoms with Crippen LogP contribution in [0.15, 0.2) is 0 Å². The maximum atomic E-state index is 12.1. The topological polar surface area (TPSA) is 172 Å². The molecule has 0 saturated carbocycles. The van der Waals surface area contributed by atoms with E-state index in [9.17, 15) is 23.8 Å². The van der Waals surface area contributed by atoms with Gasteiger partial charge in [-0.05, 0) is 6.42 Å². The molecule has 1 unspecified atom stereocenters. The van der Waals surface area contributed by atoms with Crippen LogP contribution in [0, 0.1) is 0 Å². The van der Waals surface area contributed by atoms with Crippen LogP contribution in [0.3, 0.4) is 0 Å². The van der Waals surface area contributed by atoms with Crippen molar-refractivity contribution in [2.75, 3.05) is 19.8 Å². The fourth-order valence-corrected chi connectivity index (χ4v) is 6.96. The molecule has 0 radical (unpaired) electrons. The first kappa shape index (κ1) is 50.5. The summed E-state index contributed by atoms with van der Waals surface area (Å²) < 4.78 is 31.3. The third kappa shape index (κ3) is 36.8. The van der Waals surface area contributed by atoms with Gasteiger partial charge in [0.25, 0.3) is 0 Å². The van der Waals surface area contributed by atoms with Crippen molar-refractivity contribution < 1.29 is 47.5 Å². The summed E-state index contributed by atoms with van der Waals surface area (Å²) in [4.78, 5) is 43.9. The standard InChI is InChI=1S/C40H78NO10P/c1-3-4-5-6-7-8-9-10-11-12-13-14-15-16-17-18-19-20-21-22-23-24-25-26-27-28-29-30-31-32-39(43)48-33-37(51-36(2)42)34-49-52(46,47)50-35-38(41)40(44)45/h37-38H,3-35,41H2,1-2H3,(H,44,45)(H,46,47)/t37-,38+/m1/s1. The third-order valence-electron chi connectivity index (χ3n) is 9.41. The van der Waals surface area contributed by atoms with Gasteiger partial charge in [-0.3, -0.25) is 23.4 Å². The molecule has 0 bridgehead atoms. The lowest BCUT2D eigenvalue weighted by Crippen LogP contribution is -2.34. The average molecular weight is 764 g/mol. The molecule has 4 N–H and O–H groups in total. The molecular weight excluding hydrogens is 685 g/mol. The van der Waals surface area contributed by atoms with Gasteiger partial charge in [-0.2, -0.15) is 0 Å². The lowest BCUT2D eigenvalue weighted by Gasteiger charge is -2.19. The van der Waals surface area contributed by atoms with Gasteiger partial charge in [-0.1, -0.05) is 187 Å². The molecule has 0 saturated heterocycles. The summed E-state index contributed by atoms with van der Waals surface area (Å²) in [5.74, 6) is -2.56. The number of unbranched alkanes of at least 4 members (excludes halogenated alkanes) is 28. The summed E-state index contributed by atoms with van der Waals surface area (Å²) >= 11 is 0. The first-order chi connectivity index (χ1) is 25.1. The molecule has 0 amide bonds. The van der Waals surface area contributed by atoms with E-state index in [4.69, 9.17) is 24.8 Å². The van der Waals surface area contributed by atoms with Crippen molar-refractivity contribution >= 4 is 25.7 Å². The number of phosphoric ester groups is 1. The molecule has 12 heteroatoms. The molecule has 0 rings (SSSR count). The number of rotatable bonds is 40. The van der Waals surface area contributed by atoms with E-state index in [2.05, 4.69) is 11.4 Å². The molecule has 3 atom stereocenters. The molecule has 308 valence electrons. The van der Waals surface area contributed by atoms with Crippen LogP contribution < -0.4 is 5.73 Å². The van der Waals surface area contributed by atoms with Gasteiger partial charge in [0.1, 0.15) is 12.6 Å². The number of esters is 2. The van der Waals surface area contributed by atoms with E-state index < -0.39 is 51.1 Å². The van der Waals surface area contributed by atoms with Crippen molar-refractivity contribution in [3.63, 3.8) is 0 Å².